The molecular formula is C9H13IO3. The molecule has 1 N–H and O–H groups in total. The number of carbonyl (C=O) groups is 1. The van der Waals surface area contributed by atoms with E-state index in [0.29, 0.717) is 18.9 Å². The summed E-state index contributed by atoms with van der Waals surface area (Å²) in [6, 6.07) is 0. The van der Waals surface area contributed by atoms with Crippen molar-refractivity contribution in [3.63, 3.8) is 0 Å². The Morgan fingerprint density at radius 3 is 2.85 bits per heavy atom. The lowest BCUT2D eigenvalue weighted by molar-refractivity contribution is -0.148. The highest BCUT2D eigenvalue weighted by atomic mass is 127. The number of carbonyl (C=O) groups excluding carboxylic acids is 1. The Balaban J connectivity index is 2.05. The summed E-state index contributed by atoms with van der Waals surface area (Å²) in [7, 11) is 0. The van der Waals surface area contributed by atoms with Crippen LogP contribution in [0.1, 0.15) is 19.8 Å². The topological polar surface area (TPSA) is 46.5 Å². The quantitative estimate of drug-likeness (QED) is 0.472. The van der Waals surface area contributed by atoms with Gasteiger partial charge in [-0.1, -0.05) is 22.6 Å². The molecule has 13 heavy (non-hydrogen) atoms. The van der Waals surface area contributed by atoms with Gasteiger partial charge in [-0.25, -0.2) is 0 Å². The van der Waals surface area contributed by atoms with Gasteiger partial charge in [0.25, 0.3) is 0 Å². The summed E-state index contributed by atoms with van der Waals surface area (Å²) in [5.74, 6) is 0.131. The van der Waals surface area contributed by atoms with Gasteiger partial charge in [-0.3, -0.25) is 4.79 Å². The molecule has 0 heterocycles. The second-order valence-corrected chi connectivity index (χ2v) is 5.85. The van der Waals surface area contributed by atoms with Crippen LogP contribution in [0.15, 0.2) is 0 Å². The maximum absolute atomic E-state index is 11.5. The minimum atomic E-state index is -0.286. The molecule has 74 valence electrons. The van der Waals surface area contributed by atoms with Crippen molar-refractivity contribution in [1.29, 1.82) is 0 Å². The van der Waals surface area contributed by atoms with Crippen molar-refractivity contribution in [3.05, 3.63) is 0 Å². The lowest BCUT2D eigenvalue weighted by Gasteiger charge is -2.15. The molecule has 2 fully saturated rings. The number of halogens is 1. The standard InChI is InChI=1S/C9H13IO3/c1-2-13-8(12)5-3-7(11)6-4-9(5,6)10/h5-7,11H,2-4H2,1H3/t5-,6-,7-,9-/m0/s1. The number of aliphatic hydroxyl groups excluding tert-OH is 1. The SMILES string of the molecule is CCOC(=O)[C@@H]1C[C@H](O)[C@@H]2C[C@]12I. The summed E-state index contributed by atoms with van der Waals surface area (Å²) < 4.78 is 5.00. The average molecular weight is 296 g/mol. The van der Waals surface area contributed by atoms with Crippen LogP contribution < -0.4 is 0 Å². The van der Waals surface area contributed by atoms with E-state index in [-0.39, 0.29) is 21.4 Å². The Bertz CT molecular complexity index is 243. The van der Waals surface area contributed by atoms with Crippen LogP contribution in [0.5, 0.6) is 0 Å². The number of hydrogen-bond donors (Lipinski definition) is 1. The fourth-order valence-corrected chi connectivity index (χ4v) is 3.67. The van der Waals surface area contributed by atoms with Crippen molar-refractivity contribution in [2.75, 3.05) is 6.61 Å². The van der Waals surface area contributed by atoms with Gasteiger partial charge < -0.3 is 9.84 Å². The highest BCUT2D eigenvalue weighted by Gasteiger charge is 2.68. The zero-order valence-corrected chi connectivity index (χ0v) is 9.65. The van der Waals surface area contributed by atoms with Crippen LogP contribution in [0.3, 0.4) is 0 Å². The molecule has 0 spiro atoms. The number of rotatable bonds is 2. The number of ether oxygens (including phenoxy) is 1. The van der Waals surface area contributed by atoms with E-state index in [2.05, 4.69) is 22.6 Å². The van der Waals surface area contributed by atoms with Crippen molar-refractivity contribution in [2.45, 2.75) is 29.3 Å². The van der Waals surface area contributed by atoms with E-state index in [1.165, 1.54) is 0 Å². The van der Waals surface area contributed by atoms with E-state index >= 15 is 0 Å². The van der Waals surface area contributed by atoms with Gasteiger partial charge in [0.05, 0.1) is 18.6 Å². The second-order valence-electron chi connectivity index (χ2n) is 3.85. The van der Waals surface area contributed by atoms with Crippen molar-refractivity contribution in [3.8, 4) is 0 Å². The molecule has 0 unspecified atom stereocenters. The van der Waals surface area contributed by atoms with Crippen LogP contribution in [-0.2, 0) is 9.53 Å². The monoisotopic (exact) mass is 296 g/mol. The minimum absolute atomic E-state index is 0.0173. The third kappa shape index (κ3) is 1.38. The number of aliphatic hydroxyl groups is 1. The molecule has 0 saturated heterocycles. The van der Waals surface area contributed by atoms with Crippen LogP contribution in [0, 0.1) is 11.8 Å². The normalized spacial score (nSPS) is 47.2. The number of fused-ring (bicyclic) bond motifs is 1. The maximum atomic E-state index is 11.5. The van der Waals surface area contributed by atoms with Crippen LogP contribution >= 0.6 is 22.6 Å². The lowest BCUT2D eigenvalue weighted by atomic mass is 10.0. The van der Waals surface area contributed by atoms with Gasteiger partial charge in [-0.15, -0.1) is 0 Å². The number of hydrogen-bond acceptors (Lipinski definition) is 3. The predicted molar refractivity (Wildman–Crippen MR) is 55.6 cm³/mol. The van der Waals surface area contributed by atoms with Gasteiger partial charge in [0, 0.05) is 9.34 Å². The molecule has 0 aromatic rings. The van der Waals surface area contributed by atoms with Gasteiger partial charge >= 0.3 is 5.97 Å². The van der Waals surface area contributed by atoms with Crippen LogP contribution in [-0.4, -0.2) is 27.2 Å². The minimum Gasteiger partial charge on any atom is -0.466 e. The smallest absolute Gasteiger partial charge is 0.310 e. The number of alkyl halides is 1. The van der Waals surface area contributed by atoms with Crippen molar-refractivity contribution >= 4 is 28.6 Å². The van der Waals surface area contributed by atoms with E-state index in [1.807, 2.05) is 6.92 Å². The van der Waals surface area contributed by atoms with Crippen molar-refractivity contribution in [1.82, 2.24) is 0 Å². The molecule has 0 aromatic carbocycles. The van der Waals surface area contributed by atoms with Crippen molar-refractivity contribution < 1.29 is 14.6 Å². The first kappa shape index (κ1) is 9.71. The second kappa shape index (κ2) is 3.08. The molecule has 0 bridgehead atoms. The molecule has 4 heteroatoms. The molecule has 0 amide bonds. The van der Waals surface area contributed by atoms with Crippen LogP contribution in [0.2, 0.25) is 0 Å². The Labute approximate surface area is 91.0 Å². The Morgan fingerprint density at radius 1 is 1.77 bits per heavy atom. The molecule has 0 aromatic heterocycles. The third-order valence-corrected chi connectivity index (χ3v) is 5.07. The summed E-state index contributed by atoms with van der Waals surface area (Å²) in [4.78, 5) is 11.5. The first-order chi connectivity index (χ1) is 6.09. The zero-order chi connectivity index (χ0) is 9.64. The number of esters is 1. The first-order valence-electron chi connectivity index (χ1n) is 4.63. The Hall–Kier alpha value is 0.160. The fourth-order valence-electron chi connectivity index (χ4n) is 2.27. The Kier molecular flexibility index (Phi) is 2.30. The van der Waals surface area contributed by atoms with Gasteiger partial charge in [0.15, 0.2) is 0 Å². The molecule has 4 atom stereocenters. The first-order valence-corrected chi connectivity index (χ1v) is 5.71. The summed E-state index contributed by atoms with van der Waals surface area (Å²) in [6.07, 6.45) is 1.27. The molecule has 2 aliphatic rings. The van der Waals surface area contributed by atoms with Crippen LogP contribution in [0.25, 0.3) is 0 Å². The van der Waals surface area contributed by atoms with Gasteiger partial charge in [-0.2, -0.15) is 0 Å². The van der Waals surface area contributed by atoms with Gasteiger partial charge in [0.2, 0.25) is 0 Å². The van der Waals surface area contributed by atoms with Crippen molar-refractivity contribution in [2.24, 2.45) is 11.8 Å². The highest BCUT2D eigenvalue weighted by molar-refractivity contribution is 14.1. The summed E-state index contributed by atoms with van der Waals surface area (Å²) >= 11 is 2.31. The molecule has 2 saturated carbocycles. The van der Waals surface area contributed by atoms with Gasteiger partial charge in [-0.05, 0) is 19.8 Å². The summed E-state index contributed by atoms with van der Waals surface area (Å²) in [6.45, 7) is 2.25. The fraction of sp³-hybridized carbons (Fsp3) is 0.889. The highest BCUT2D eigenvalue weighted by Crippen LogP contribution is 2.65. The molecule has 0 aliphatic heterocycles. The van der Waals surface area contributed by atoms with E-state index < -0.39 is 0 Å². The predicted octanol–water partition coefficient (Wildman–Crippen LogP) is 1.12. The third-order valence-electron chi connectivity index (χ3n) is 3.08. The van der Waals surface area contributed by atoms with E-state index in [4.69, 9.17) is 4.74 Å². The Morgan fingerprint density at radius 2 is 2.46 bits per heavy atom. The molecule has 2 rings (SSSR count). The molecule has 0 radical (unpaired) electrons. The summed E-state index contributed by atoms with van der Waals surface area (Å²) in [5, 5.41) is 9.58. The maximum Gasteiger partial charge on any atom is 0.310 e. The summed E-state index contributed by atoms with van der Waals surface area (Å²) in [5.41, 5.74) is 0. The molecule has 3 nitrogen and oxygen atoms in total. The lowest BCUT2D eigenvalue weighted by Crippen LogP contribution is -2.25. The molecular weight excluding hydrogens is 283 g/mol. The van der Waals surface area contributed by atoms with E-state index in [9.17, 15) is 9.90 Å². The average Bonchev–Trinajstić information content (AvgIpc) is 2.68. The van der Waals surface area contributed by atoms with Crippen LogP contribution in [0.4, 0.5) is 0 Å². The largest absolute Gasteiger partial charge is 0.466 e. The zero-order valence-electron chi connectivity index (χ0n) is 7.50. The molecule has 2 aliphatic carbocycles. The van der Waals surface area contributed by atoms with E-state index in [0.717, 1.165) is 6.42 Å². The van der Waals surface area contributed by atoms with E-state index in [1.54, 1.807) is 0 Å². The van der Waals surface area contributed by atoms with Gasteiger partial charge in [0.1, 0.15) is 0 Å².